The third-order valence-electron chi connectivity index (χ3n) is 2.34. The number of amides is 2. The number of hydroxylamine groups is 1. The van der Waals surface area contributed by atoms with Crippen molar-refractivity contribution in [2.45, 2.75) is 38.9 Å². The Morgan fingerprint density at radius 1 is 1.28 bits per heavy atom. The third-order valence-corrected chi connectivity index (χ3v) is 2.34. The first-order valence-corrected chi connectivity index (χ1v) is 5.70. The molecule has 1 aliphatic rings. The highest BCUT2D eigenvalue weighted by molar-refractivity contribution is 5.74. The average Bonchev–Trinajstić information content (AvgIpc) is 2.11. The summed E-state index contributed by atoms with van der Waals surface area (Å²) in [7, 11) is 0. The lowest BCUT2D eigenvalue weighted by Gasteiger charge is -2.46. The Labute approximate surface area is 106 Å². The zero-order valence-corrected chi connectivity index (χ0v) is 11.1. The van der Waals surface area contributed by atoms with Gasteiger partial charge < -0.3 is 14.7 Å². The fourth-order valence-corrected chi connectivity index (χ4v) is 2.16. The first-order valence-electron chi connectivity index (χ1n) is 5.70. The summed E-state index contributed by atoms with van der Waals surface area (Å²) in [6, 6.07) is -0.458. The Hall–Kier alpha value is -1.34. The van der Waals surface area contributed by atoms with Crippen LogP contribution in [0.15, 0.2) is 0 Å². The van der Waals surface area contributed by atoms with Gasteiger partial charge in [0.05, 0.1) is 24.3 Å². The van der Waals surface area contributed by atoms with E-state index in [1.165, 1.54) is 0 Å². The molecule has 104 valence electrons. The summed E-state index contributed by atoms with van der Waals surface area (Å²) in [6.07, 6.45) is 0. The van der Waals surface area contributed by atoms with Crippen molar-refractivity contribution in [2.24, 2.45) is 0 Å². The summed E-state index contributed by atoms with van der Waals surface area (Å²) in [4.78, 5) is 28.2. The number of morpholine rings is 1. The first-order chi connectivity index (χ1) is 8.11. The van der Waals surface area contributed by atoms with Crippen LogP contribution in [-0.2, 0) is 14.4 Å². The largest absolute Gasteiger partial charge is 0.479 e. The number of carboxylic acid groups (broad SMARTS) is 1. The van der Waals surface area contributed by atoms with Crippen LogP contribution in [0.4, 0.5) is 4.79 Å². The van der Waals surface area contributed by atoms with E-state index in [1.807, 2.05) is 27.7 Å². The SMILES string of the molecule is CC1(C)CN(C(=O)NOCC(=O)O)CC(C)(C)O1. The molecule has 0 spiro atoms. The van der Waals surface area contributed by atoms with Gasteiger partial charge in [-0.1, -0.05) is 0 Å². The highest BCUT2D eigenvalue weighted by Gasteiger charge is 2.40. The number of carboxylic acids is 1. The maximum Gasteiger partial charge on any atom is 0.341 e. The lowest BCUT2D eigenvalue weighted by atomic mass is 9.99. The second-order valence-electron chi connectivity index (χ2n) is 5.57. The van der Waals surface area contributed by atoms with Crippen molar-refractivity contribution in [2.75, 3.05) is 19.7 Å². The van der Waals surface area contributed by atoms with Crippen LogP contribution in [0.25, 0.3) is 0 Å². The number of hydrogen-bond donors (Lipinski definition) is 2. The van der Waals surface area contributed by atoms with Crippen molar-refractivity contribution in [3.63, 3.8) is 0 Å². The number of urea groups is 1. The fourth-order valence-electron chi connectivity index (χ4n) is 2.16. The predicted molar refractivity (Wildman–Crippen MR) is 62.9 cm³/mol. The van der Waals surface area contributed by atoms with E-state index < -0.39 is 29.8 Å². The van der Waals surface area contributed by atoms with Crippen molar-refractivity contribution in [1.29, 1.82) is 0 Å². The van der Waals surface area contributed by atoms with Crippen molar-refractivity contribution in [3.8, 4) is 0 Å². The van der Waals surface area contributed by atoms with E-state index in [-0.39, 0.29) is 0 Å². The number of hydrogen-bond acceptors (Lipinski definition) is 4. The molecule has 0 unspecified atom stereocenters. The molecule has 18 heavy (non-hydrogen) atoms. The second-order valence-corrected chi connectivity index (χ2v) is 5.57. The minimum atomic E-state index is -1.14. The van der Waals surface area contributed by atoms with Crippen molar-refractivity contribution in [1.82, 2.24) is 10.4 Å². The Morgan fingerprint density at radius 3 is 2.22 bits per heavy atom. The Bertz CT molecular complexity index is 324. The van der Waals surface area contributed by atoms with Crippen LogP contribution in [0, 0.1) is 0 Å². The molecule has 0 radical (unpaired) electrons. The van der Waals surface area contributed by atoms with Gasteiger partial charge in [-0.3, -0.25) is 4.84 Å². The summed E-state index contributed by atoms with van der Waals surface area (Å²) < 4.78 is 5.83. The molecule has 0 aromatic carbocycles. The molecule has 1 fully saturated rings. The van der Waals surface area contributed by atoms with E-state index in [9.17, 15) is 9.59 Å². The topological polar surface area (TPSA) is 88.1 Å². The van der Waals surface area contributed by atoms with Crippen LogP contribution in [0.1, 0.15) is 27.7 Å². The molecular weight excluding hydrogens is 240 g/mol. The normalized spacial score (nSPS) is 21.4. The van der Waals surface area contributed by atoms with E-state index in [4.69, 9.17) is 9.84 Å². The molecule has 1 rings (SSSR count). The van der Waals surface area contributed by atoms with E-state index >= 15 is 0 Å². The minimum Gasteiger partial charge on any atom is -0.479 e. The molecule has 0 aliphatic carbocycles. The van der Waals surface area contributed by atoms with Crippen LogP contribution in [0.5, 0.6) is 0 Å². The van der Waals surface area contributed by atoms with Crippen LogP contribution < -0.4 is 5.48 Å². The number of ether oxygens (including phenoxy) is 1. The summed E-state index contributed by atoms with van der Waals surface area (Å²) in [5.41, 5.74) is 1.20. The van der Waals surface area contributed by atoms with Gasteiger partial charge in [-0.05, 0) is 27.7 Å². The van der Waals surface area contributed by atoms with Crippen LogP contribution >= 0.6 is 0 Å². The predicted octanol–water partition coefficient (Wildman–Crippen LogP) is 0.602. The summed E-state index contributed by atoms with van der Waals surface area (Å²) in [6.45, 7) is 7.84. The van der Waals surface area contributed by atoms with Gasteiger partial charge in [0.25, 0.3) is 0 Å². The molecule has 2 N–H and O–H groups in total. The third kappa shape index (κ3) is 4.50. The van der Waals surface area contributed by atoms with Gasteiger partial charge in [-0.25, -0.2) is 15.1 Å². The highest BCUT2D eigenvalue weighted by Crippen LogP contribution is 2.27. The minimum absolute atomic E-state index is 0.415. The molecular formula is C11H20N2O5. The molecule has 1 saturated heterocycles. The number of nitrogens with zero attached hydrogens (tertiary/aromatic N) is 1. The van der Waals surface area contributed by atoms with E-state index in [0.29, 0.717) is 13.1 Å². The Morgan fingerprint density at radius 2 is 1.78 bits per heavy atom. The standard InChI is InChI=1S/C11H20N2O5/c1-10(2)6-13(7-11(3,4)18-10)9(16)12-17-5-8(14)15/h5-7H2,1-4H3,(H,12,16)(H,14,15). The molecule has 2 amide bonds. The molecule has 0 aromatic rings. The number of carbonyl (C=O) groups is 2. The van der Waals surface area contributed by atoms with Gasteiger partial charge in [0.15, 0.2) is 6.61 Å². The average molecular weight is 260 g/mol. The molecule has 1 heterocycles. The van der Waals surface area contributed by atoms with Gasteiger partial charge in [0, 0.05) is 0 Å². The summed E-state index contributed by atoms with van der Waals surface area (Å²) in [5, 5.41) is 8.39. The number of aliphatic carboxylic acids is 1. The highest BCUT2D eigenvalue weighted by atomic mass is 16.7. The molecule has 7 nitrogen and oxygen atoms in total. The van der Waals surface area contributed by atoms with Gasteiger partial charge in [-0.2, -0.15) is 0 Å². The van der Waals surface area contributed by atoms with Crippen molar-refractivity contribution < 1.29 is 24.3 Å². The molecule has 7 heteroatoms. The zero-order chi connectivity index (χ0) is 14.0. The van der Waals surface area contributed by atoms with Gasteiger partial charge in [-0.15, -0.1) is 0 Å². The van der Waals surface area contributed by atoms with E-state index in [2.05, 4.69) is 10.3 Å². The van der Waals surface area contributed by atoms with Crippen LogP contribution in [0.3, 0.4) is 0 Å². The van der Waals surface area contributed by atoms with Gasteiger partial charge >= 0.3 is 12.0 Å². The molecule has 0 atom stereocenters. The Kier molecular flexibility index (Phi) is 4.18. The van der Waals surface area contributed by atoms with Gasteiger partial charge in [0.2, 0.25) is 0 Å². The van der Waals surface area contributed by atoms with Crippen molar-refractivity contribution >= 4 is 12.0 Å². The van der Waals surface area contributed by atoms with Crippen LogP contribution in [-0.4, -0.2) is 52.9 Å². The number of nitrogens with one attached hydrogen (secondary N) is 1. The lowest BCUT2D eigenvalue weighted by Crippen LogP contribution is -2.60. The van der Waals surface area contributed by atoms with Gasteiger partial charge in [0.1, 0.15) is 0 Å². The maximum absolute atomic E-state index is 11.8. The Balaban J connectivity index is 2.54. The fraction of sp³-hybridized carbons (Fsp3) is 0.818. The molecule has 0 aromatic heterocycles. The quantitative estimate of drug-likeness (QED) is 0.725. The molecule has 0 bridgehead atoms. The smallest absolute Gasteiger partial charge is 0.341 e. The van der Waals surface area contributed by atoms with E-state index in [1.54, 1.807) is 4.90 Å². The molecule has 0 saturated carbocycles. The number of carbonyl (C=O) groups excluding carboxylic acids is 1. The van der Waals surface area contributed by atoms with Crippen LogP contribution in [0.2, 0.25) is 0 Å². The van der Waals surface area contributed by atoms with E-state index in [0.717, 1.165) is 0 Å². The summed E-state index contributed by atoms with van der Waals surface area (Å²) >= 11 is 0. The number of rotatable bonds is 3. The zero-order valence-electron chi connectivity index (χ0n) is 11.1. The second kappa shape index (κ2) is 5.11. The maximum atomic E-state index is 11.8. The summed E-state index contributed by atoms with van der Waals surface area (Å²) in [5.74, 6) is -1.14. The van der Waals surface area contributed by atoms with Crippen molar-refractivity contribution in [3.05, 3.63) is 0 Å². The first kappa shape index (κ1) is 14.7. The monoisotopic (exact) mass is 260 g/mol. The molecule has 1 aliphatic heterocycles. The lowest BCUT2D eigenvalue weighted by molar-refractivity contribution is -0.172.